The summed E-state index contributed by atoms with van der Waals surface area (Å²) in [7, 11) is 3.09. The van der Waals surface area contributed by atoms with Gasteiger partial charge in [-0.3, -0.25) is 9.48 Å². The number of carbonyl (C=O) groups is 1. The van der Waals surface area contributed by atoms with Crippen LogP contribution in [0, 0.1) is 0 Å². The van der Waals surface area contributed by atoms with E-state index >= 15 is 0 Å². The Morgan fingerprint density at radius 3 is 2.70 bits per heavy atom. The van der Waals surface area contributed by atoms with Crippen molar-refractivity contribution in [2.24, 2.45) is 0 Å². The molecule has 6 heteroatoms. The molecule has 0 saturated heterocycles. The van der Waals surface area contributed by atoms with Crippen LogP contribution in [0.1, 0.15) is 23.0 Å². The number of ether oxygens (including phenoxy) is 2. The first kappa shape index (κ1) is 14.6. The van der Waals surface area contributed by atoms with Crippen LogP contribution in [-0.2, 0) is 6.54 Å². The minimum Gasteiger partial charge on any atom is -0.497 e. The summed E-state index contributed by atoms with van der Waals surface area (Å²) in [5.74, 6) is 0.950. The molecule has 0 N–H and O–H groups in total. The second-order valence-electron chi connectivity index (χ2n) is 4.05. The van der Waals surface area contributed by atoms with Crippen molar-refractivity contribution >= 4 is 21.7 Å². The number of aryl methyl sites for hydroxylation is 1. The molecule has 1 aromatic carbocycles. The second kappa shape index (κ2) is 6.09. The van der Waals surface area contributed by atoms with Crippen molar-refractivity contribution in [2.75, 3.05) is 14.2 Å². The topological polar surface area (TPSA) is 53.4 Å². The van der Waals surface area contributed by atoms with Crippen LogP contribution in [0.25, 0.3) is 0 Å². The molecular weight excluding hydrogens is 324 g/mol. The number of methoxy groups -OCH3 is 2. The number of halogens is 1. The molecule has 1 heterocycles. The van der Waals surface area contributed by atoms with E-state index in [1.165, 1.54) is 7.11 Å². The molecule has 0 fully saturated rings. The fourth-order valence-electron chi connectivity index (χ4n) is 1.95. The van der Waals surface area contributed by atoms with E-state index in [4.69, 9.17) is 9.47 Å². The van der Waals surface area contributed by atoms with Crippen LogP contribution in [0.4, 0.5) is 0 Å². The third-order valence-corrected chi connectivity index (χ3v) is 3.54. The van der Waals surface area contributed by atoms with Crippen molar-refractivity contribution in [3.8, 4) is 11.5 Å². The summed E-state index contributed by atoms with van der Waals surface area (Å²) in [5.41, 5.74) is 0.946. The van der Waals surface area contributed by atoms with Crippen LogP contribution in [0.5, 0.6) is 11.5 Å². The van der Waals surface area contributed by atoms with Crippen molar-refractivity contribution < 1.29 is 14.3 Å². The Labute approximate surface area is 125 Å². The smallest absolute Gasteiger partial charge is 0.216 e. The summed E-state index contributed by atoms with van der Waals surface area (Å²) in [6.45, 7) is 2.54. The van der Waals surface area contributed by atoms with Crippen molar-refractivity contribution in [3.63, 3.8) is 0 Å². The van der Waals surface area contributed by atoms with Crippen LogP contribution in [0.2, 0.25) is 0 Å². The van der Waals surface area contributed by atoms with Crippen molar-refractivity contribution in [1.82, 2.24) is 9.78 Å². The van der Waals surface area contributed by atoms with Crippen LogP contribution < -0.4 is 9.47 Å². The molecule has 2 aromatic rings. The standard InChI is InChI=1S/C14H15BrN2O3/c1-4-17-13(11(15)8-16-17)14(18)10-7-9(19-2)5-6-12(10)20-3/h5-8H,4H2,1-3H3. The summed E-state index contributed by atoms with van der Waals surface area (Å²) in [6.07, 6.45) is 1.61. The van der Waals surface area contributed by atoms with E-state index < -0.39 is 0 Å². The zero-order valence-electron chi connectivity index (χ0n) is 11.5. The monoisotopic (exact) mass is 338 g/mol. The van der Waals surface area contributed by atoms with E-state index in [1.807, 2.05) is 6.92 Å². The van der Waals surface area contributed by atoms with Crippen LogP contribution in [-0.4, -0.2) is 29.8 Å². The minimum atomic E-state index is -0.160. The van der Waals surface area contributed by atoms with E-state index in [0.29, 0.717) is 33.8 Å². The zero-order chi connectivity index (χ0) is 14.7. The minimum absolute atomic E-state index is 0.160. The van der Waals surface area contributed by atoms with Gasteiger partial charge >= 0.3 is 0 Å². The quantitative estimate of drug-likeness (QED) is 0.786. The molecule has 0 aliphatic rings. The van der Waals surface area contributed by atoms with Gasteiger partial charge in [0.2, 0.25) is 5.78 Å². The van der Waals surface area contributed by atoms with Crippen molar-refractivity contribution in [1.29, 1.82) is 0 Å². The highest BCUT2D eigenvalue weighted by Crippen LogP contribution is 2.28. The lowest BCUT2D eigenvalue weighted by Crippen LogP contribution is -2.12. The van der Waals surface area contributed by atoms with Gasteiger partial charge in [0.15, 0.2) is 0 Å². The Hall–Kier alpha value is -1.82. The van der Waals surface area contributed by atoms with Crippen LogP contribution in [0.3, 0.4) is 0 Å². The van der Waals surface area contributed by atoms with Gasteiger partial charge in [-0.25, -0.2) is 0 Å². The lowest BCUT2D eigenvalue weighted by atomic mass is 10.1. The molecule has 1 aromatic heterocycles. The highest BCUT2D eigenvalue weighted by molar-refractivity contribution is 9.10. The van der Waals surface area contributed by atoms with Gasteiger partial charge in [-0.15, -0.1) is 0 Å². The Balaban J connectivity index is 2.54. The number of nitrogens with zero attached hydrogens (tertiary/aromatic N) is 2. The first-order valence-electron chi connectivity index (χ1n) is 6.10. The highest BCUT2D eigenvalue weighted by atomic mass is 79.9. The summed E-state index contributed by atoms with van der Waals surface area (Å²) in [6, 6.07) is 5.13. The molecule has 0 bridgehead atoms. The van der Waals surface area contributed by atoms with Crippen LogP contribution in [0.15, 0.2) is 28.9 Å². The third kappa shape index (κ3) is 2.56. The maximum Gasteiger partial charge on any atom is 0.216 e. The lowest BCUT2D eigenvalue weighted by molar-refractivity contribution is 0.102. The molecule has 0 atom stereocenters. The van der Waals surface area contributed by atoms with E-state index in [0.717, 1.165) is 0 Å². The maximum absolute atomic E-state index is 12.7. The average molecular weight is 339 g/mol. The summed E-state index contributed by atoms with van der Waals surface area (Å²) in [5, 5.41) is 4.16. The molecular formula is C14H15BrN2O3. The molecule has 0 unspecified atom stereocenters. The average Bonchev–Trinajstić information content (AvgIpc) is 2.86. The van der Waals surface area contributed by atoms with Gasteiger partial charge in [0.25, 0.3) is 0 Å². The van der Waals surface area contributed by atoms with Gasteiger partial charge in [0, 0.05) is 6.54 Å². The number of benzene rings is 1. The molecule has 0 radical (unpaired) electrons. The van der Waals surface area contributed by atoms with Crippen molar-refractivity contribution in [2.45, 2.75) is 13.5 Å². The first-order valence-corrected chi connectivity index (χ1v) is 6.89. The summed E-state index contributed by atoms with van der Waals surface area (Å²) < 4.78 is 12.7. The fraction of sp³-hybridized carbons (Fsp3) is 0.286. The summed E-state index contributed by atoms with van der Waals surface area (Å²) in [4.78, 5) is 12.7. The van der Waals surface area contributed by atoms with Gasteiger partial charge in [-0.2, -0.15) is 5.10 Å². The predicted octanol–water partition coefficient (Wildman–Crippen LogP) is 2.91. The van der Waals surface area contributed by atoms with Gasteiger partial charge < -0.3 is 9.47 Å². The molecule has 0 spiro atoms. The molecule has 5 nitrogen and oxygen atoms in total. The van der Waals surface area contributed by atoms with Gasteiger partial charge in [-0.1, -0.05) is 0 Å². The highest BCUT2D eigenvalue weighted by Gasteiger charge is 2.22. The van der Waals surface area contributed by atoms with Gasteiger partial charge in [0.1, 0.15) is 17.2 Å². The van der Waals surface area contributed by atoms with E-state index in [1.54, 1.807) is 36.2 Å². The van der Waals surface area contributed by atoms with Gasteiger partial charge in [-0.05, 0) is 41.1 Å². The fourth-order valence-corrected chi connectivity index (χ4v) is 2.42. The number of ketones is 1. The SMILES string of the molecule is CCn1ncc(Br)c1C(=O)c1cc(OC)ccc1OC. The number of rotatable bonds is 5. The molecule has 106 valence electrons. The Bertz CT molecular complexity index is 637. The number of aromatic nitrogens is 2. The summed E-state index contributed by atoms with van der Waals surface area (Å²) >= 11 is 3.36. The largest absolute Gasteiger partial charge is 0.497 e. The van der Waals surface area contributed by atoms with Gasteiger partial charge in [0.05, 0.1) is 30.5 Å². The second-order valence-corrected chi connectivity index (χ2v) is 4.91. The maximum atomic E-state index is 12.7. The van der Waals surface area contributed by atoms with Crippen molar-refractivity contribution in [3.05, 3.63) is 40.1 Å². The lowest BCUT2D eigenvalue weighted by Gasteiger charge is -2.10. The Kier molecular flexibility index (Phi) is 4.44. The number of carbonyl (C=O) groups excluding carboxylic acids is 1. The molecule has 0 aliphatic carbocycles. The third-order valence-electron chi connectivity index (χ3n) is 2.96. The number of hydrogen-bond donors (Lipinski definition) is 0. The number of hydrogen-bond acceptors (Lipinski definition) is 4. The molecule has 0 saturated carbocycles. The molecule has 0 aliphatic heterocycles. The molecule has 20 heavy (non-hydrogen) atoms. The van der Waals surface area contributed by atoms with E-state index in [9.17, 15) is 4.79 Å². The zero-order valence-corrected chi connectivity index (χ0v) is 13.1. The normalized spacial score (nSPS) is 10.4. The first-order chi connectivity index (χ1) is 9.62. The van der Waals surface area contributed by atoms with Crippen LogP contribution >= 0.6 is 15.9 Å². The molecule has 2 rings (SSSR count). The van der Waals surface area contributed by atoms with E-state index in [-0.39, 0.29) is 5.78 Å². The van der Waals surface area contributed by atoms with E-state index in [2.05, 4.69) is 21.0 Å². The predicted molar refractivity (Wildman–Crippen MR) is 78.6 cm³/mol. The Morgan fingerprint density at radius 1 is 1.35 bits per heavy atom. The molecule has 0 amide bonds. The Morgan fingerprint density at radius 2 is 2.10 bits per heavy atom.